The average Bonchev–Trinajstić information content (AvgIpc) is 3.55. The molecule has 42 heavy (non-hydrogen) atoms. The fourth-order valence-electron chi connectivity index (χ4n) is 4.85. The summed E-state index contributed by atoms with van der Waals surface area (Å²) in [6, 6.07) is 25.2. The first-order valence-electron chi connectivity index (χ1n) is 12.9. The molecule has 1 aliphatic rings. The molecule has 2 N–H and O–H groups in total. The van der Waals surface area contributed by atoms with Crippen molar-refractivity contribution in [1.82, 2.24) is 8.75 Å². The monoisotopic (exact) mass is 599 g/mol. The molecule has 1 atom stereocenters. The molecule has 0 fully saturated rings. The Hall–Kier alpha value is -4.58. The highest BCUT2D eigenvalue weighted by Gasteiger charge is 2.48. The molecule has 0 amide bonds. The average molecular weight is 600 g/mol. The zero-order valence-corrected chi connectivity index (χ0v) is 24.2. The van der Waals surface area contributed by atoms with Crippen LogP contribution in [0.2, 0.25) is 0 Å². The zero-order valence-electron chi connectivity index (χ0n) is 22.6. The van der Waals surface area contributed by atoms with Crippen molar-refractivity contribution < 1.29 is 27.8 Å². The maximum absolute atomic E-state index is 13.4. The summed E-state index contributed by atoms with van der Waals surface area (Å²) in [6.07, 6.45) is 0.141. The Morgan fingerprint density at radius 3 is 2.31 bits per heavy atom. The quantitative estimate of drug-likeness (QED) is 0.233. The van der Waals surface area contributed by atoms with E-state index in [1.54, 1.807) is 91.0 Å². The number of aromatic nitrogens is 2. The first-order chi connectivity index (χ1) is 20.2. The van der Waals surface area contributed by atoms with Crippen molar-refractivity contribution in [1.29, 1.82) is 0 Å². The lowest BCUT2D eigenvalue weighted by Gasteiger charge is -2.26. The summed E-state index contributed by atoms with van der Waals surface area (Å²) < 4.78 is 47.7. The third-order valence-electron chi connectivity index (χ3n) is 7.10. The van der Waals surface area contributed by atoms with Gasteiger partial charge in [-0.15, -0.1) is 0 Å². The van der Waals surface area contributed by atoms with Gasteiger partial charge in [-0.2, -0.15) is 8.75 Å². The number of aliphatic hydroxyl groups is 1. The standard InChI is InChI=1S/C31H25N3O6S2/c1-19-3-14-25(15-4-19)42(37,38)34-23-10-5-20(6-11-23)17-26-29(21-7-16-27-28(18-21)33-41-32-27)30(35)40-31(26,36)22-8-12-24(39-2)13-9-22/h3-16,18,34,36H,17H2,1-2H3. The molecule has 1 aliphatic heterocycles. The SMILES string of the molecule is COc1ccc(C2(O)OC(=O)C(c3ccc4nsnc4c3)=C2Cc2ccc(NS(=O)(=O)c3ccc(C)cc3)cc2)cc1. The minimum absolute atomic E-state index is 0.141. The van der Waals surface area contributed by atoms with Gasteiger partial charge >= 0.3 is 5.97 Å². The molecular weight excluding hydrogens is 574 g/mol. The van der Waals surface area contributed by atoms with Crippen LogP contribution in [-0.4, -0.2) is 35.4 Å². The minimum Gasteiger partial charge on any atom is -0.497 e. The highest BCUT2D eigenvalue weighted by atomic mass is 32.2. The van der Waals surface area contributed by atoms with Crippen LogP contribution in [0, 0.1) is 6.92 Å². The largest absolute Gasteiger partial charge is 0.497 e. The number of ether oxygens (including phenoxy) is 2. The lowest BCUT2D eigenvalue weighted by atomic mass is 9.88. The Balaban J connectivity index is 1.37. The third kappa shape index (κ3) is 5.13. The number of carbonyl (C=O) groups excluding carboxylic acids is 1. The van der Waals surface area contributed by atoms with Gasteiger partial charge in [0.25, 0.3) is 15.8 Å². The molecule has 0 bridgehead atoms. The predicted molar refractivity (Wildman–Crippen MR) is 159 cm³/mol. The molecule has 0 saturated carbocycles. The molecule has 6 rings (SSSR count). The van der Waals surface area contributed by atoms with Crippen LogP contribution >= 0.6 is 11.7 Å². The number of fused-ring (bicyclic) bond motifs is 1. The topological polar surface area (TPSA) is 128 Å². The molecular formula is C31H25N3O6S2. The number of sulfonamides is 1. The van der Waals surface area contributed by atoms with Gasteiger partial charge in [-0.25, -0.2) is 13.2 Å². The lowest BCUT2D eigenvalue weighted by Crippen LogP contribution is -2.29. The van der Waals surface area contributed by atoms with E-state index in [-0.39, 0.29) is 16.9 Å². The summed E-state index contributed by atoms with van der Waals surface area (Å²) in [6.45, 7) is 1.89. The van der Waals surface area contributed by atoms with Gasteiger partial charge in [0.15, 0.2) is 0 Å². The number of benzene rings is 4. The van der Waals surface area contributed by atoms with Crippen molar-refractivity contribution in [2.24, 2.45) is 0 Å². The number of hydrogen-bond donors (Lipinski definition) is 2. The number of anilines is 1. The molecule has 9 nitrogen and oxygen atoms in total. The summed E-state index contributed by atoms with van der Waals surface area (Å²) in [5.41, 5.74) is 4.86. The summed E-state index contributed by atoms with van der Waals surface area (Å²) in [4.78, 5) is 13.5. The van der Waals surface area contributed by atoms with Crippen LogP contribution < -0.4 is 9.46 Å². The normalized spacial score (nSPS) is 17.0. The Bertz CT molecular complexity index is 1930. The fourth-order valence-corrected chi connectivity index (χ4v) is 6.43. The second-order valence-electron chi connectivity index (χ2n) is 9.88. The Morgan fingerprint density at radius 1 is 0.929 bits per heavy atom. The zero-order chi connectivity index (χ0) is 29.5. The van der Waals surface area contributed by atoms with Crippen molar-refractivity contribution in [2.45, 2.75) is 24.0 Å². The maximum atomic E-state index is 13.4. The highest BCUT2D eigenvalue weighted by Crippen LogP contribution is 2.45. The van der Waals surface area contributed by atoms with Crippen molar-refractivity contribution in [3.63, 3.8) is 0 Å². The molecule has 0 saturated heterocycles. The van der Waals surface area contributed by atoms with Crippen LogP contribution in [0.4, 0.5) is 5.69 Å². The molecule has 5 aromatic rings. The number of rotatable bonds is 8. The van der Waals surface area contributed by atoms with E-state index < -0.39 is 21.8 Å². The predicted octanol–water partition coefficient (Wildman–Crippen LogP) is 5.21. The Kier molecular flexibility index (Phi) is 7.01. The number of carbonyl (C=O) groups is 1. The van der Waals surface area contributed by atoms with Crippen LogP contribution in [0.5, 0.6) is 5.75 Å². The van der Waals surface area contributed by atoms with Crippen molar-refractivity contribution in [3.8, 4) is 5.75 Å². The molecule has 1 unspecified atom stereocenters. The first-order valence-corrected chi connectivity index (χ1v) is 15.1. The highest BCUT2D eigenvalue weighted by molar-refractivity contribution is 7.92. The van der Waals surface area contributed by atoms with Crippen LogP contribution in [0.15, 0.2) is 101 Å². The maximum Gasteiger partial charge on any atom is 0.342 e. The molecule has 2 heterocycles. The van der Waals surface area contributed by atoms with E-state index >= 15 is 0 Å². The fraction of sp³-hybridized carbons (Fsp3) is 0.129. The number of methoxy groups -OCH3 is 1. The number of hydrogen-bond acceptors (Lipinski definition) is 9. The number of esters is 1. The van der Waals surface area contributed by atoms with Crippen molar-refractivity contribution >= 4 is 50.0 Å². The van der Waals surface area contributed by atoms with Gasteiger partial charge in [-0.3, -0.25) is 4.72 Å². The molecule has 11 heteroatoms. The number of cyclic esters (lactones) is 1. The van der Waals surface area contributed by atoms with Gasteiger partial charge in [0.1, 0.15) is 16.8 Å². The van der Waals surface area contributed by atoms with Crippen LogP contribution in [0.25, 0.3) is 16.6 Å². The van der Waals surface area contributed by atoms with Crippen LogP contribution in [-0.2, 0) is 31.8 Å². The third-order valence-corrected chi connectivity index (χ3v) is 9.05. The Labute approximate surface area is 246 Å². The molecule has 0 radical (unpaired) electrons. The second kappa shape index (κ2) is 10.7. The van der Waals surface area contributed by atoms with Gasteiger partial charge in [-0.05, 0) is 78.7 Å². The lowest BCUT2D eigenvalue weighted by molar-refractivity contribution is -0.185. The summed E-state index contributed by atoms with van der Waals surface area (Å²) in [5.74, 6) is -2.13. The summed E-state index contributed by atoms with van der Waals surface area (Å²) in [5, 5.41) is 11.9. The molecule has 0 aliphatic carbocycles. The van der Waals surface area contributed by atoms with E-state index in [4.69, 9.17) is 9.47 Å². The van der Waals surface area contributed by atoms with Crippen molar-refractivity contribution in [2.75, 3.05) is 11.8 Å². The van der Waals surface area contributed by atoms with Crippen molar-refractivity contribution in [3.05, 3.63) is 119 Å². The van der Waals surface area contributed by atoms with Gasteiger partial charge in [0.05, 0.1) is 29.3 Å². The smallest absolute Gasteiger partial charge is 0.342 e. The second-order valence-corrected chi connectivity index (χ2v) is 12.1. The number of nitrogens with one attached hydrogen (secondary N) is 1. The van der Waals surface area contributed by atoms with Gasteiger partial charge in [0, 0.05) is 23.2 Å². The van der Waals surface area contributed by atoms with Gasteiger partial charge in [-0.1, -0.05) is 35.9 Å². The molecule has 1 aromatic heterocycles. The van der Waals surface area contributed by atoms with E-state index in [1.165, 1.54) is 7.11 Å². The first kappa shape index (κ1) is 27.6. The van der Waals surface area contributed by atoms with Crippen LogP contribution in [0.3, 0.4) is 0 Å². The summed E-state index contributed by atoms with van der Waals surface area (Å²) in [7, 11) is -2.24. The number of nitrogens with zero attached hydrogens (tertiary/aromatic N) is 2. The minimum atomic E-state index is -3.78. The van der Waals surface area contributed by atoms with E-state index in [0.29, 0.717) is 39.2 Å². The number of aryl methyl sites for hydroxylation is 1. The summed E-state index contributed by atoms with van der Waals surface area (Å²) >= 11 is 1.07. The Morgan fingerprint density at radius 2 is 1.62 bits per heavy atom. The van der Waals surface area contributed by atoms with E-state index in [9.17, 15) is 18.3 Å². The van der Waals surface area contributed by atoms with E-state index in [1.807, 2.05) is 6.92 Å². The molecule has 0 spiro atoms. The van der Waals surface area contributed by atoms with Gasteiger partial charge < -0.3 is 14.6 Å². The van der Waals surface area contributed by atoms with E-state index in [2.05, 4.69) is 13.5 Å². The van der Waals surface area contributed by atoms with E-state index in [0.717, 1.165) is 22.9 Å². The molecule has 212 valence electrons. The molecule has 4 aromatic carbocycles. The van der Waals surface area contributed by atoms with Crippen LogP contribution in [0.1, 0.15) is 22.3 Å². The van der Waals surface area contributed by atoms with Gasteiger partial charge in [0.2, 0.25) is 0 Å².